The zero-order valence-corrected chi connectivity index (χ0v) is 12.5. The van der Waals surface area contributed by atoms with Gasteiger partial charge in [-0.3, -0.25) is 4.90 Å². The molecule has 1 aromatic carbocycles. The first-order valence-electron chi connectivity index (χ1n) is 6.64. The van der Waals surface area contributed by atoms with Gasteiger partial charge in [0.25, 0.3) is 0 Å². The SMILES string of the molecule is CCCOc1ccc(Br)cc1CN1CCNCC1. The van der Waals surface area contributed by atoms with Crippen molar-refractivity contribution in [3.63, 3.8) is 0 Å². The van der Waals surface area contributed by atoms with Crippen LogP contribution in [0.5, 0.6) is 5.75 Å². The molecule has 0 saturated carbocycles. The highest BCUT2D eigenvalue weighted by atomic mass is 79.9. The van der Waals surface area contributed by atoms with Gasteiger partial charge in [0, 0.05) is 42.8 Å². The summed E-state index contributed by atoms with van der Waals surface area (Å²) in [6.45, 7) is 8.28. The molecular formula is C14H21BrN2O. The number of rotatable bonds is 5. The van der Waals surface area contributed by atoms with E-state index in [2.05, 4.69) is 45.2 Å². The van der Waals surface area contributed by atoms with Gasteiger partial charge < -0.3 is 10.1 Å². The monoisotopic (exact) mass is 312 g/mol. The molecule has 0 atom stereocenters. The summed E-state index contributed by atoms with van der Waals surface area (Å²) in [5.74, 6) is 1.03. The first-order chi connectivity index (χ1) is 8.79. The van der Waals surface area contributed by atoms with Gasteiger partial charge in [-0.15, -0.1) is 0 Å². The molecule has 1 fully saturated rings. The molecule has 18 heavy (non-hydrogen) atoms. The van der Waals surface area contributed by atoms with Gasteiger partial charge in [-0.1, -0.05) is 22.9 Å². The Morgan fingerprint density at radius 2 is 2.11 bits per heavy atom. The van der Waals surface area contributed by atoms with Gasteiger partial charge >= 0.3 is 0 Å². The second-order valence-electron chi connectivity index (χ2n) is 4.63. The highest BCUT2D eigenvalue weighted by molar-refractivity contribution is 9.10. The lowest BCUT2D eigenvalue weighted by atomic mass is 10.1. The van der Waals surface area contributed by atoms with Crippen molar-refractivity contribution in [1.82, 2.24) is 10.2 Å². The maximum Gasteiger partial charge on any atom is 0.123 e. The normalized spacial score (nSPS) is 16.8. The van der Waals surface area contributed by atoms with Gasteiger partial charge in [0.15, 0.2) is 0 Å². The Balaban J connectivity index is 2.05. The zero-order chi connectivity index (χ0) is 12.8. The molecule has 1 aromatic rings. The standard InChI is InChI=1S/C14H21BrN2O/c1-2-9-18-14-4-3-13(15)10-12(14)11-17-7-5-16-6-8-17/h3-4,10,16H,2,5-9,11H2,1H3. The Morgan fingerprint density at radius 3 is 2.83 bits per heavy atom. The van der Waals surface area contributed by atoms with E-state index in [0.29, 0.717) is 0 Å². The molecule has 0 radical (unpaired) electrons. The van der Waals surface area contributed by atoms with Crippen LogP contribution in [0.4, 0.5) is 0 Å². The zero-order valence-electron chi connectivity index (χ0n) is 10.9. The average Bonchev–Trinajstić information content (AvgIpc) is 2.39. The van der Waals surface area contributed by atoms with Gasteiger partial charge in [-0.05, 0) is 24.6 Å². The number of nitrogens with zero attached hydrogens (tertiary/aromatic N) is 1. The molecule has 1 saturated heterocycles. The van der Waals surface area contributed by atoms with Crippen molar-refractivity contribution < 1.29 is 4.74 Å². The van der Waals surface area contributed by atoms with Crippen molar-refractivity contribution in [1.29, 1.82) is 0 Å². The van der Waals surface area contributed by atoms with Crippen molar-refractivity contribution in [3.05, 3.63) is 28.2 Å². The molecule has 0 amide bonds. The summed E-state index contributed by atoms with van der Waals surface area (Å²) in [5, 5.41) is 3.38. The molecule has 3 nitrogen and oxygen atoms in total. The van der Waals surface area contributed by atoms with E-state index < -0.39 is 0 Å². The van der Waals surface area contributed by atoms with Crippen LogP contribution in [-0.4, -0.2) is 37.7 Å². The molecule has 1 N–H and O–H groups in total. The molecule has 4 heteroatoms. The predicted molar refractivity (Wildman–Crippen MR) is 78.1 cm³/mol. The van der Waals surface area contributed by atoms with E-state index in [1.54, 1.807) is 0 Å². The molecule has 0 unspecified atom stereocenters. The number of piperazine rings is 1. The number of halogens is 1. The fourth-order valence-corrected chi connectivity index (χ4v) is 2.54. The molecule has 1 heterocycles. The lowest BCUT2D eigenvalue weighted by Crippen LogP contribution is -2.42. The van der Waals surface area contributed by atoms with Crippen LogP contribution in [0.1, 0.15) is 18.9 Å². The number of benzene rings is 1. The van der Waals surface area contributed by atoms with E-state index in [-0.39, 0.29) is 0 Å². The fraction of sp³-hybridized carbons (Fsp3) is 0.571. The van der Waals surface area contributed by atoms with E-state index in [9.17, 15) is 0 Å². The lowest BCUT2D eigenvalue weighted by molar-refractivity contribution is 0.227. The van der Waals surface area contributed by atoms with Crippen molar-refractivity contribution in [2.45, 2.75) is 19.9 Å². The molecule has 1 aliphatic heterocycles. The van der Waals surface area contributed by atoms with Gasteiger partial charge in [-0.2, -0.15) is 0 Å². The van der Waals surface area contributed by atoms with Gasteiger partial charge in [-0.25, -0.2) is 0 Å². The molecule has 1 aliphatic rings. The highest BCUT2D eigenvalue weighted by Crippen LogP contribution is 2.25. The minimum atomic E-state index is 0.788. The molecule has 0 bridgehead atoms. The van der Waals surface area contributed by atoms with Gasteiger partial charge in [0.1, 0.15) is 5.75 Å². The van der Waals surface area contributed by atoms with Crippen LogP contribution in [0, 0.1) is 0 Å². The highest BCUT2D eigenvalue weighted by Gasteiger charge is 2.13. The molecule has 0 aliphatic carbocycles. The Hall–Kier alpha value is -0.580. The summed E-state index contributed by atoms with van der Waals surface area (Å²) in [7, 11) is 0. The third-order valence-electron chi connectivity index (χ3n) is 3.09. The summed E-state index contributed by atoms with van der Waals surface area (Å²) >= 11 is 3.54. The third-order valence-corrected chi connectivity index (χ3v) is 3.58. The van der Waals surface area contributed by atoms with Crippen LogP contribution in [0.2, 0.25) is 0 Å². The topological polar surface area (TPSA) is 24.5 Å². The second-order valence-corrected chi connectivity index (χ2v) is 5.54. The largest absolute Gasteiger partial charge is 0.493 e. The van der Waals surface area contributed by atoms with Gasteiger partial charge in [0.2, 0.25) is 0 Å². The van der Waals surface area contributed by atoms with Crippen LogP contribution in [0.3, 0.4) is 0 Å². The van der Waals surface area contributed by atoms with Crippen molar-refractivity contribution in [3.8, 4) is 5.75 Å². The number of ether oxygens (including phenoxy) is 1. The third kappa shape index (κ3) is 3.97. The Labute approximate surface area is 118 Å². The lowest BCUT2D eigenvalue weighted by Gasteiger charge is -2.28. The summed E-state index contributed by atoms with van der Waals surface area (Å²) < 4.78 is 6.94. The second kappa shape index (κ2) is 7.12. The number of hydrogen-bond donors (Lipinski definition) is 1. The van der Waals surface area contributed by atoms with E-state index in [4.69, 9.17) is 4.74 Å². The predicted octanol–water partition coefficient (Wildman–Crippen LogP) is 2.64. The van der Waals surface area contributed by atoms with Crippen LogP contribution < -0.4 is 10.1 Å². The molecule has 100 valence electrons. The minimum absolute atomic E-state index is 0.788. The van der Waals surface area contributed by atoms with Crippen LogP contribution in [-0.2, 0) is 6.54 Å². The van der Waals surface area contributed by atoms with E-state index in [1.165, 1.54) is 5.56 Å². The summed E-state index contributed by atoms with van der Waals surface area (Å²) in [4.78, 5) is 2.47. The van der Waals surface area contributed by atoms with Crippen LogP contribution in [0.25, 0.3) is 0 Å². The summed E-state index contributed by atoms with van der Waals surface area (Å²) in [6.07, 6.45) is 1.04. The van der Waals surface area contributed by atoms with Crippen molar-refractivity contribution >= 4 is 15.9 Å². The minimum Gasteiger partial charge on any atom is -0.493 e. The van der Waals surface area contributed by atoms with E-state index >= 15 is 0 Å². The average molecular weight is 313 g/mol. The first-order valence-corrected chi connectivity index (χ1v) is 7.43. The number of hydrogen-bond acceptors (Lipinski definition) is 3. The quantitative estimate of drug-likeness (QED) is 0.904. The van der Waals surface area contributed by atoms with Crippen molar-refractivity contribution in [2.75, 3.05) is 32.8 Å². The fourth-order valence-electron chi connectivity index (χ4n) is 2.13. The van der Waals surface area contributed by atoms with E-state index in [1.807, 2.05) is 6.07 Å². The smallest absolute Gasteiger partial charge is 0.123 e. The molecular weight excluding hydrogens is 292 g/mol. The summed E-state index contributed by atoms with van der Waals surface area (Å²) in [5.41, 5.74) is 1.28. The first kappa shape index (κ1) is 13.8. The summed E-state index contributed by atoms with van der Waals surface area (Å²) in [6, 6.07) is 6.29. The number of nitrogens with one attached hydrogen (secondary N) is 1. The van der Waals surface area contributed by atoms with Crippen LogP contribution >= 0.6 is 15.9 Å². The molecule has 0 aromatic heterocycles. The Bertz CT molecular complexity index is 378. The van der Waals surface area contributed by atoms with E-state index in [0.717, 1.165) is 56.0 Å². The van der Waals surface area contributed by atoms with Crippen molar-refractivity contribution in [2.24, 2.45) is 0 Å². The molecule has 0 spiro atoms. The molecule has 2 rings (SSSR count). The maximum atomic E-state index is 5.82. The Kier molecular flexibility index (Phi) is 5.47. The maximum absolute atomic E-state index is 5.82. The Morgan fingerprint density at radius 1 is 1.33 bits per heavy atom. The van der Waals surface area contributed by atoms with Gasteiger partial charge in [0.05, 0.1) is 6.61 Å². The van der Waals surface area contributed by atoms with Crippen LogP contribution in [0.15, 0.2) is 22.7 Å².